The topological polar surface area (TPSA) is 69.4 Å². The Bertz CT molecular complexity index is 756. The standard InChI is InChI=1S/C14H7F4NO4/c15-11-3-1-2-10(14(16,17)18)12(11)13(20)23-9-6-4-8(5-7-9)19(21)22/h1-7H. The second kappa shape index (κ2) is 6.03. The van der Waals surface area contributed by atoms with Crippen molar-refractivity contribution in [1.82, 2.24) is 0 Å². The minimum absolute atomic E-state index is 0.253. The molecule has 0 amide bonds. The van der Waals surface area contributed by atoms with Crippen molar-refractivity contribution in [1.29, 1.82) is 0 Å². The van der Waals surface area contributed by atoms with E-state index in [1.54, 1.807) is 0 Å². The summed E-state index contributed by atoms with van der Waals surface area (Å²) in [7, 11) is 0. The molecule has 0 saturated carbocycles. The van der Waals surface area contributed by atoms with Gasteiger partial charge in [-0.05, 0) is 24.3 Å². The Hall–Kier alpha value is -2.97. The van der Waals surface area contributed by atoms with E-state index in [2.05, 4.69) is 4.74 Å². The summed E-state index contributed by atoms with van der Waals surface area (Å²) in [4.78, 5) is 21.6. The lowest BCUT2D eigenvalue weighted by Gasteiger charge is -2.12. The number of hydrogen-bond donors (Lipinski definition) is 0. The number of carbonyl (C=O) groups is 1. The number of halogens is 4. The maximum atomic E-state index is 13.6. The number of hydrogen-bond acceptors (Lipinski definition) is 4. The van der Waals surface area contributed by atoms with Crippen LogP contribution in [0.2, 0.25) is 0 Å². The largest absolute Gasteiger partial charge is 0.423 e. The monoisotopic (exact) mass is 329 g/mol. The average molecular weight is 329 g/mol. The summed E-state index contributed by atoms with van der Waals surface area (Å²) in [5.74, 6) is -3.19. The zero-order valence-corrected chi connectivity index (χ0v) is 11.1. The molecule has 9 heteroatoms. The Morgan fingerprint density at radius 2 is 1.70 bits per heavy atom. The number of nitro benzene ring substituents is 1. The molecule has 0 bridgehead atoms. The zero-order chi connectivity index (χ0) is 17.2. The van der Waals surface area contributed by atoms with Crippen LogP contribution < -0.4 is 4.74 Å². The molecule has 0 radical (unpaired) electrons. The van der Waals surface area contributed by atoms with Gasteiger partial charge in [-0.3, -0.25) is 10.1 Å². The summed E-state index contributed by atoms with van der Waals surface area (Å²) in [5, 5.41) is 10.5. The van der Waals surface area contributed by atoms with Gasteiger partial charge in [0.15, 0.2) is 0 Å². The van der Waals surface area contributed by atoms with Gasteiger partial charge in [-0.2, -0.15) is 13.2 Å². The van der Waals surface area contributed by atoms with Crippen LogP contribution in [-0.4, -0.2) is 10.9 Å². The molecule has 2 aromatic carbocycles. The molecule has 5 nitrogen and oxygen atoms in total. The molecule has 0 aliphatic heterocycles. The van der Waals surface area contributed by atoms with Gasteiger partial charge in [0.2, 0.25) is 0 Å². The van der Waals surface area contributed by atoms with Gasteiger partial charge in [0.25, 0.3) is 5.69 Å². The predicted molar refractivity (Wildman–Crippen MR) is 69.5 cm³/mol. The molecule has 0 aromatic heterocycles. The maximum Gasteiger partial charge on any atom is 0.417 e. The first-order valence-electron chi connectivity index (χ1n) is 6.02. The van der Waals surface area contributed by atoms with Gasteiger partial charge in [-0.1, -0.05) is 6.07 Å². The molecule has 0 aliphatic rings. The fourth-order valence-corrected chi connectivity index (χ4v) is 1.76. The zero-order valence-electron chi connectivity index (χ0n) is 11.1. The highest BCUT2D eigenvalue weighted by Gasteiger charge is 2.37. The molecule has 23 heavy (non-hydrogen) atoms. The molecule has 2 aromatic rings. The third-order valence-corrected chi connectivity index (χ3v) is 2.78. The number of nitrogens with zero attached hydrogens (tertiary/aromatic N) is 1. The molecular weight excluding hydrogens is 322 g/mol. The van der Waals surface area contributed by atoms with Crippen molar-refractivity contribution >= 4 is 11.7 Å². The number of ether oxygens (including phenoxy) is 1. The van der Waals surface area contributed by atoms with E-state index in [-0.39, 0.29) is 11.4 Å². The number of non-ortho nitro benzene ring substituents is 1. The van der Waals surface area contributed by atoms with E-state index < -0.39 is 34.0 Å². The molecular formula is C14H7F4NO4. The maximum absolute atomic E-state index is 13.6. The Labute approximate surface area is 126 Å². The van der Waals surface area contributed by atoms with E-state index in [0.29, 0.717) is 12.1 Å². The molecule has 120 valence electrons. The fourth-order valence-electron chi connectivity index (χ4n) is 1.76. The SMILES string of the molecule is O=C(Oc1ccc([N+](=O)[O-])cc1)c1c(F)cccc1C(F)(F)F. The van der Waals surface area contributed by atoms with Gasteiger partial charge in [0, 0.05) is 12.1 Å². The van der Waals surface area contributed by atoms with Gasteiger partial charge in [0.05, 0.1) is 10.5 Å². The molecule has 2 rings (SSSR count). The molecule has 0 N–H and O–H groups in total. The number of esters is 1. The van der Waals surface area contributed by atoms with Gasteiger partial charge < -0.3 is 4.74 Å². The molecule has 0 atom stereocenters. The second-order valence-electron chi connectivity index (χ2n) is 4.30. The molecule has 0 spiro atoms. The minimum Gasteiger partial charge on any atom is -0.423 e. The summed E-state index contributed by atoms with van der Waals surface area (Å²) >= 11 is 0. The first-order chi connectivity index (χ1) is 10.7. The summed E-state index contributed by atoms with van der Waals surface area (Å²) < 4.78 is 56.7. The van der Waals surface area contributed by atoms with Gasteiger partial charge >= 0.3 is 12.1 Å². The summed E-state index contributed by atoms with van der Waals surface area (Å²) in [6.07, 6.45) is -4.94. The molecule has 0 heterocycles. The van der Waals surface area contributed by atoms with Gasteiger partial charge in [0.1, 0.15) is 17.1 Å². The van der Waals surface area contributed by atoms with Crippen molar-refractivity contribution in [3.8, 4) is 5.75 Å². The average Bonchev–Trinajstić information content (AvgIpc) is 2.46. The van der Waals surface area contributed by atoms with Crippen molar-refractivity contribution in [3.63, 3.8) is 0 Å². The predicted octanol–water partition coefficient (Wildman–Crippen LogP) is 3.97. The van der Waals surface area contributed by atoms with E-state index in [0.717, 1.165) is 30.3 Å². The van der Waals surface area contributed by atoms with Crippen molar-refractivity contribution in [2.75, 3.05) is 0 Å². The quantitative estimate of drug-likeness (QED) is 0.281. The number of carbonyl (C=O) groups excluding carboxylic acids is 1. The van der Waals surface area contributed by atoms with Crippen LogP contribution in [0.3, 0.4) is 0 Å². The molecule has 0 saturated heterocycles. The van der Waals surface area contributed by atoms with E-state index in [1.807, 2.05) is 0 Å². The highest BCUT2D eigenvalue weighted by atomic mass is 19.4. The van der Waals surface area contributed by atoms with Gasteiger partial charge in [-0.15, -0.1) is 0 Å². The van der Waals surface area contributed by atoms with Crippen LogP contribution in [0.5, 0.6) is 5.75 Å². The Balaban J connectivity index is 2.33. The third kappa shape index (κ3) is 3.62. The first kappa shape index (κ1) is 16.4. The van der Waals surface area contributed by atoms with Crippen molar-refractivity contribution in [3.05, 3.63) is 69.5 Å². The first-order valence-corrected chi connectivity index (χ1v) is 6.02. The lowest BCUT2D eigenvalue weighted by Crippen LogP contribution is -2.18. The van der Waals surface area contributed by atoms with Crippen LogP contribution >= 0.6 is 0 Å². The number of benzene rings is 2. The van der Waals surface area contributed by atoms with Crippen LogP contribution in [0.25, 0.3) is 0 Å². The highest BCUT2D eigenvalue weighted by Crippen LogP contribution is 2.33. The molecule has 0 aliphatic carbocycles. The Morgan fingerprint density at radius 3 is 2.22 bits per heavy atom. The minimum atomic E-state index is -4.94. The fraction of sp³-hybridized carbons (Fsp3) is 0.0714. The van der Waals surface area contributed by atoms with Crippen LogP contribution in [-0.2, 0) is 6.18 Å². The van der Waals surface area contributed by atoms with E-state index in [1.165, 1.54) is 0 Å². The summed E-state index contributed by atoms with van der Waals surface area (Å²) in [6.45, 7) is 0. The highest BCUT2D eigenvalue weighted by molar-refractivity contribution is 5.93. The second-order valence-corrected chi connectivity index (χ2v) is 4.30. The smallest absolute Gasteiger partial charge is 0.417 e. The van der Waals surface area contributed by atoms with Gasteiger partial charge in [-0.25, -0.2) is 9.18 Å². The Morgan fingerprint density at radius 1 is 1.09 bits per heavy atom. The third-order valence-electron chi connectivity index (χ3n) is 2.78. The number of nitro groups is 1. The van der Waals surface area contributed by atoms with E-state index in [9.17, 15) is 32.5 Å². The molecule has 0 fully saturated rings. The lowest BCUT2D eigenvalue weighted by atomic mass is 10.1. The van der Waals surface area contributed by atoms with Crippen LogP contribution in [0.4, 0.5) is 23.2 Å². The summed E-state index contributed by atoms with van der Waals surface area (Å²) in [6, 6.07) is 6.09. The van der Waals surface area contributed by atoms with E-state index in [4.69, 9.17) is 0 Å². The summed E-state index contributed by atoms with van der Waals surface area (Å²) in [5.41, 5.74) is -3.02. The lowest BCUT2D eigenvalue weighted by molar-refractivity contribution is -0.384. The van der Waals surface area contributed by atoms with Crippen LogP contribution in [0.1, 0.15) is 15.9 Å². The molecule has 0 unspecified atom stereocenters. The van der Waals surface area contributed by atoms with Crippen LogP contribution in [0.15, 0.2) is 42.5 Å². The van der Waals surface area contributed by atoms with Crippen molar-refractivity contribution in [2.24, 2.45) is 0 Å². The van der Waals surface area contributed by atoms with E-state index >= 15 is 0 Å². The van der Waals surface area contributed by atoms with Crippen LogP contribution in [0, 0.1) is 15.9 Å². The Kier molecular flexibility index (Phi) is 4.30. The number of alkyl halides is 3. The van der Waals surface area contributed by atoms with Crippen molar-refractivity contribution < 1.29 is 32.0 Å². The normalized spacial score (nSPS) is 11.1. The van der Waals surface area contributed by atoms with Crippen molar-refractivity contribution in [2.45, 2.75) is 6.18 Å². The number of rotatable bonds is 3.